The van der Waals surface area contributed by atoms with Gasteiger partial charge in [0.05, 0.1) is 9.58 Å². The van der Waals surface area contributed by atoms with Crippen molar-refractivity contribution in [3.8, 4) is 0 Å². The molecule has 11 heteroatoms. The zero-order valence-corrected chi connectivity index (χ0v) is 19.6. The number of benzene rings is 1. The molecule has 1 aromatic carbocycles. The fourth-order valence-electron chi connectivity index (χ4n) is 3.51. The van der Waals surface area contributed by atoms with Crippen LogP contribution in [0, 0.1) is 0 Å². The quantitative estimate of drug-likeness (QED) is 0.337. The molecule has 0 radical (unpaired) electrons. The van der Waals surface area contributed by atoms with Crippen LogP contribution in [0.1, 0.15) is 27.4 Å². The molecule has 0 spiro atoms. The Bertz CT molecular complexity index is 1090. The summed E-state index contributed by atoms with van der Waals surface area (Å²) in [7, 11) is 0. The third-order valence-corrected chi connectivity index (χ3v) is 7.19. The van der Waals surface area contributed by atoms with Crippen LogP contribution >= 0.6 is 22.9 Å². The Kier molecular flexibility index (Phi) is 8.89. The van der Waals surface area contributed by atoms with Crippen LogP contribution in [-0.4, -0.2) is 69.9 Å². The second-order valence-corrected chi connectivity index (χ2v) is 9.41. The van der Waals surface area contributed by atoms with Gasteiger partial charge in [-0.1, -0.05) is 12.1 Å². The molecular formula is C22H26N4O5S2. The number of hydrogen-bond donors (Lipinski definition) is 3. The zero-order valence-electron chi connectivity index (χ0n) is 18.0. The van der Waals surface area contributed by atoms with Gasteiger partial charge in [-0.3, -0.25) is 9.69 Å². The molecule has 3 aromatic rings. The van der Waals surface area contributed by atoms with Crippen LogP contribution in [0.5, 0.6) is 0 Å². The smallest absolute Gasteiger partial charge is 0.414 e. The molecule has 4 N–H and O–H groups in total. The van der Waals surface area contributed by atoms with Crippen LogP contribution in [0.4, 0.5) is 5.82 Å². The molecular weight excluding hydrogens is 464 g/mol. The molecule has 4 rings (SSSR count). The third-order valence-electron chi connectivity index (χ3n) is 5.23. The standard InChI is InChI=1S/C20H24N4OS2.C2H2O4/c21-14-15-7-8-19(26-15)17(25)5-3-9-23-10-12-24(13-11-23)20-16-4-1-2-6-18(16)27-22-20;3-1(4)2(5)6/h1-2,4,6-8H,3,5,9-14,21H2;(H,3,4)(H,5,6). The Balaban J connectivity index is 0.000000454. The van der Waals surface area contributed by atoms with E-state index >= 15 is 0 Å². The van der Waals surface area contributed by atoms with E-state index in [-0.39, 0.29) is 5.78 Å². The summed E-state index contributed by atoms with van der Waals surface area (Å²) in [4.78, 5) is 37.2. The number of carbonyl (C=O) groups is 3. The van der Waals surface area contributed by atoms with Crippen molar-refractivity contribution in [3.05, 3.63) is 46.2 Å². The number of Topliss-reactive ketones (excluding diaryl/α,β-unsaturated/α-hetero) is 1. The monoisotopic (exact) mass is 490 g/mol. The van der Waals surface area contributed by atoms with Gasteiger partial charge in [-0.2, -0.15) is 4.37 Å². The molecule has 176 valence electrons. The van der Waals surface area contributed by atoms with Crippen molar-refractivity contribution in [1.82, 2.24) is 9.27 Å². The Morgan fingerprint density at radius 3 is 2.33 bits per heavy atom. The van der Waals surface area contributed by atoms with E-state index in [0.29, 0.717) is 13.0 Å². The Hall–Kier alpha value is -2.86. The largest absolute Gasteiger partial charge is 0.473 e. The van der Waals surface area contributed by atoms with Crippen molar-refractivity contribution >= 4 is 56.5 Å². The van der Waals surface area contributed by atoms with E-state index in [2.05, 4.69) is 38.4 Å². The van der Waals surface area contributed by atoms with Crippen LogP contribution in [-0.2, 0) is 16.1 Å². The topological polar surface area (TPSA) is 137 Å². The van der Waals surface area contributed by atoms with Crippen LogP contribution in [0.25, 0.3) is 10.1 Å². The van der Waals surface area contributed by atoms with E-state index in [1.54, 1.807) is 11.5 Å². The fourth-order valence-corrected chi connectivity index (χ4v) is 5.16. The number of aliphatic carboxylic acids is 2. The second-order valence-electron chi connectivity index (χ2n) is 7.44. The highest BCUT2D eigenvalue weighted by atomic mass is 32.1. The molecule has 0 atom stereocenters. The number of nitrogens with two attached hydrogens (primary N) is 1. The summed E-state index contributed by atoms with van der Waals surface area (Å²) in [6, 6.07) is 12.3. The first-order valence-electron chi connectivity index (χ1n) is 10.5. The molecule has 3 heterocycles. The summed E-state index contributed by atoms with van der Waals surface area (Å²) in [5, 5.41) is 16.0. The predicted molar refractivity (Wildman–Crippen MR) is 129 cm³/mol. The Morgan fingerprint density at radius 2 is 1.70 bits per heavy atom. The normalized spacial score (nSPS) is 14.0. The number of fused-ring (bicyclic) bond motifs is 1. The number of piperazine rings is 1. The lowest BCUT2D eigenvalue weighted by Gasteiger charge is -2.35. The highest BCUT2D eigenvalue weighted by molar-refractivity contribution is 7.14. The van der Waals surface area contributed by atoms with Gasteiger partial charge in [0.15, 0.2) is 5.78 Å². The van der Waals surface area contributed by atoms with Gasteiger partial charge in [0.25, 0.3) is 0 Å². The van der Waals surface area contributed by atoms with Gasteiger partial charge in [-0.25, -0.2) is 9.59 Å². The SMILES string of the molecule is NCc1ccc(C(=O)CCCN2CCN(c3nsc4ccccc34)CC2)s1.O=C(O)C(=O)O. The summed E-state index contributed by atoms with van der Waals surface area (Å²) in [6.45, 7) is 5.52. The lowest BCUT2D eigenvalue weighted by Crippen LogP contribution is -2.46. The number of hydrogen-bond acceptors (Lipinski definition) is 9. The van der Waals surface area contributed by atoms with Gasteiger partial charge >= 0.3 is 11.9 Å². The summed E-state index contributed by atoms with van der Waals surface area (Å²) in [5.74, 6) is -2.28. The van der Waals surface area contributed by atoms with E-state index < -0.39 is 11.9 Å². The number of ketones is 1. The number of aromatic nitrogens is 1. The van der Waals surface area contributed by atoms with Crippen molar-refractivity contribution in [2.24, 2.45) is 5.73 Å². The average Bonchev–Trinajstić information content (AvgIpc) is 3.47. The highest BCUT2D eigenvalue weighted by Crippen LogP contribution is 2.29. The second kappa shape index (κ2) is 11.8. The van der Waals surface area contributed by atoms with Crippen molar-refractivity contribution in [2.75, 3.05) is 37.6 Å². The number of carbonyl (C=O) groups excluding carboxylic acids is 1. The van der Waals surface area contributed by atoms with E-state index in [1.165, 1.54) is 21.4 Å². The lowest BCUT2D eigenvalue weighted by atomic mass is 10.1. The molecule has 0 saturated carbocycles. The van der Waals surface area contributed by atoms with E-state index in [4.69, 9.17) is 25.5 Å². The molecule has 2 aromatic heterocycles. The first-order chi connectivity index (χ1) is 15.9. The van der Waals surface area contributed by atoms with Crippen LogP contribution < -0.4 is 10.6 Å². The number of carboxylic acids is 2. The number of thiophene rings is 1. The minimum Gasteiger partial charge on any atom is -0.473 e. The maximum atomic E-state index is 12.3. The Labute approximate surface area is 199 Å². The van der Waals surface area contributed by atoms with Gasteiger partial charge in [-0.05, 0) is 48.8 Å². The first kappa shape index (κ1) is 24.8. The first-order valence-corrected chi connectivity index (χ1v) is 12.1. The lowest BCUT2D eigenvalue weighted by molar-refractivity contribution is -0.159. The minimum absolute atomic E-state index is 0.243. The van der Waals surface area contributed by atoms with Crippen LogP contribution in [0.3, 0.4) is 0 Å². The molecule has 0 bridgehead atoms. The average molecular weight is 491 g/mol. The van der Waals surface area contributed by atoms with Gasteiger partial charge in [-0.15, -0.1) is 11.3 Å². The fraction of sp³-hybridized carbons (Fsp3) is 0.364. The minimum atomic E-state index is -1.82. The molecule has 1 fully saturated rings. The third kappa shape index (κ3) is 6.81. The molecule has 0 unspecified atom stereocenters. The summed E-state index contributed by atoms with van der Waals surface area (Å²) < 4.78 is 5.92. The van der Waals surface area contributed by atoms with E-state index in [9.17, 15) is 4.79 Å². The molecule has 1 aliphatic heterocycles. The van der Waals surface area contributed by atoms with Crippen molar-refractivity contribution in [1.29, 1.82) is 0 Å². The van der Waals surface area contributed by atoms with Crippen molar-refractivity contribution in [3.63, 3.8) is 0 Å². The van der Waals surface area contributed by atoms with Crippen molar-refractivity contribution in [2.45, 2.75) is 19.4 Å². The highest BCUT2D eigenvalue weighted by Gasteiger charge is 2.20. The van der Waals surface area contributed by atoms with Crippen molar-refractivity contribution < 1.29 is 24.6 Å². The predicted octanol–water partition coefficient (Wildman–Crippen LogP) is 2.76. The maximum Gasteiger partial charge on any atom is 0.414 e. The molecule has 0 amide bonds. The Morgan fingerprint density at radius 1 is 1.00 bits per heavy atom. The number of carboxylic acid groups (broad SMARTS) is 2. The molecule has 9 nitrogen and oxygen atoms in total. The van der Waals surface area contributed by atoms with Crippen LogP contribution in [0.15, 0.2) is 36.4 Å². The molecule has 1 aliphatic rings. The van der Waals surface area contributed by atoms with Gasteiger partial charge in [0.2, 0.25) is 0 Å². The number of rotatable bonds is 7. The number of anilines is 1. The molecule has 1 saturated heterocycles. The molecule has 33 heavy (non-hydrogen) atoms. The number of nitrogens with zero attached hydrogens (tertiary/aromatic N) is 3. The summed E-state index contributed by atoms with van der Waals surface area (Å²) in [5.41, 5.74) is 5.62. The summed E-state index contributed by atoms with van der Waals surface area (Å²) in [6.07, 6.45) is 1.52. The zero-order chi connectivity index (χ0) is 23.8. The maximum absolute atomic E-state index is 12.3. The van der Waals surface area contributed by atoms with E-state index in [1.807, 2.05) is 12.1 Å². The van der Waals surface area contributed by atoms with E-state index in [0.717, 1.165) is 54.7 Å². The molecule has 0 aliphatic carbocycles. The summed E-state index contributed by atoms with van der Waals surface area (Å²) >= 11 is 3.10. The van der Waals surface area contributed by atoms with Gasteiger partial charge in [0.1, 0.15) is 5.82 Å². The van der Waals surface area contributed by atoms with Crippen LogP contribution in [0.2, 0.25) is 0 Å². The van der Waals surface area contributed by atoms with Gasteiger partial charge in [0, 0.05) is 49.4 Å². The van der Waals surface area contributed by atoms with Gasteiger partial charge < -0.3 is 20.8 Å².